The van der Waals surface area contributed by atoms with Gasteiger partial charge in [0.1, 0.15) is 15.3 Å². The number of halogens is 1. The van der Waals surface area contributed by atoms with Crippen LogP contribution >= 0.6 is 22.9 Å². The van der Waals surface area contributed by atoms with Gasteiger partial charge < -0.3 is 4.74 Å². The second-order valence-corrected chi connectivity index (χ2v) is 6.31. The zero-order valence-corrected chi connectivity index (χ0v) is 13.6. The molecule has 0 unspecified atom stereocenters. The number of ether oxygens (including phenoxy) is 1. The second kappa shape index (κ2) is 5.33. The summed E-state index contributed by atoms with van der Waals surface area (Å²) >= 11 is 7.23. The third kappa shape index (κ3) is 2.18. The van der Waals surface area contributed by atoms with E-state index in [4.69, 9.17) is 16.3 Å². The lowest BCUT2D eigenvalue weighted by Crippen LogP contribution is -2.19. The van der Waals surface area contributed by atoms with Crippen LogP contribution < -0.4 is 10.3 Å². The average molecular weight is 344 g/mol. The number of hydrogen-bond acceptors (Lipinski definition) is 5. The minimum atomic E-state index is -0.185. The molecule has 0 aliphatic carbocycles. The fraction of sp³-hybridized carbons (Fsp3) is 0.0625. The summed E-state index contributed by atoms with van der Waals surface area (Å²) in [4.78, 5) is 17.9. The van der Waals surface area contributed by atoms with Gasteiger partial charge >= 0.3 is 0 Å². The number of aromatic nitrogens is 3. The van der Waals surface area contributed by atoms with Crippen LogP contribution in [0.5, 0.6) is 5.75 Å². The molecular formula is C16H10ClN3O2S. The molecule has 0 atom stereocenters. The van der Waals surface area contributed by atoms with Crippen molar-refractivity contribution in [3.8, 4) is 11.4 Å². The highest BCUT2D eigenvalue weighted by atomic mass is 35.5. The van der Waals surface area contributed by atoms with Gasteiger partial charge in [-0.05, 0) is 30.3 Å². The lowest BCUT2D eigenvalue weighted by Gasteiger charge is -2.04. The molecule has 4 aromatic rings. The average Bonchev–Trinajstić information content (AvgIpc) is 2.96. The van der Waals surface area contributed by atoms with Crippen molar-refractivity contribution in [1.29, 1.82) is 0 Å². The second-order valence-electron chi connectivity index (χ2n) is 4.88. The summed E-state index contributed by atoms with van der Waals surface area (Å²) in [5.74, 6) is 0.687. The van der Waals surface area contributed by atoms with Gasteiger partial charge in [-0.1, -0.05) is 11.6 Å². The Labute approximate surface area is 139 Å². The van der Waals surface area contributed by atoms with E-state index in [-0.39, 0.29) is 5.56 Å². The molecule has 7 heteroatoms. The van der Waals surface area contributed by atoms with Crippen LogP contribution in [0.2, 0.25) is 5.02 Å². The van der Waals surface area contributed by atoms with Gasteiger partial charge in [0.25, 0.3) is 5.56 Å². The maximum absolute atomic E-state index is 12.8. The molecule has 5 nitrogen and oxygen atoms in total. The van der Waals surface area contributed by atoms with E-state index in [1.54, 1.807) is 49.8 Å². The van der Waals surface area contributed by atoms with Crippen molar-refractivity contribution in [3.05, 3.63) is 58.1 Å². The van der Waals surface area contributed by atoms with Gasteiger partial charge in [-0.2, -0.15) is 9.78 Å². The van der Waals surface area contributed by atoms with Crippen LogP contribution in [-0.2, 0) is 0 Å². The van der Waals surface area contributed by atoms with Gasteiger partial charge in [0, 0.05) is 16.6 Å². The molecule has 0 fully saturated rings. The third-order valence-electron chi connectivity index (χ3n) is 3.57. The molecule has 4 rings (SSSR count). The summed E-state index contributed by atoms with van der Waals surface area (Å²) in [6.45, 7) is 0. The molecule has 23 heavy (non-hydrogen) atoms. The minimum absolute atomic E-state index is 0.185. The van der Waals surface area contributed by atoms with E-state index in [0.717, 1.165) is 15.6 Å². The molecule has 0 spiro atoms. The standard InChI is InChI=1S/C16H10ClN3O2S/c1-22-12-6-7-18-15-13(12)11-8-19-20(16(21)14(11)23-15)10-4-2-9(17)3-5-10/h2-8H,1H3. The van der Waals surface area contributed by atoms with Crippen LogP contribution in [0.25, 0.3) is 26.0 Å². The normalized spacial score (nSPS) is 11.2. The van der Waals surface area contributed by atoms with Crippen molar-refractivity contribution >= 4 is 43.2 Å². The van der Waals surface area contributed by atoms with Crippen LogP contribution in [0.4, 0.5) is 0 Å². The van der Waals surface area contributed by atoms with Crippen LogP contribution in [0.3, 0.4) is 0 Å². The number of hydrogen-bond donors (Lipinski definition) is 0. The quantitative estimate of drug-likeness (QED) is 0.557. The van der Waals surface area contributed by atoms with E-state index in [0.29, 0.717) is 21.2 Å². The minimum Gasteiger partial charge on any atom is -0.496 e. The van der Waals surface area contributed by atoms with Crippen molar-refractivity contribution in [2.75, 3.05) is 7.11 Å². The molecule has 0 radical (unpaired) electrons. The number of rotatable bonds is 2. The molecule has 114 valence electrons. The van der Waals surface area contributed by atoms with E-state index >= 15 is 0 Å². The molecular weight excluding hydrogens is 334 g/mol. The Morgan fingerprint density at radius 2 is 2.00 bits per heavy atom. The van der Waals surface area contributed by atoms with Crippen LogP contribution in [0.15, 0.2) is 47.5 Å². The predicted molar refractivity (Wildman–Crippen MR) is 92.1 cm³/mol. The highest BCUT2D eigenvalue weighted by Crippen LogP contribution is 2.35. The Morgan fingerprint density at radius 3 is 2.74 bits per heavy atom. The van der Waals surface area contributed by atoms with Crippen molar-refractivity contribution in [2.45, 2.75) is 0 Å². The fourth-order valence-corrected chi connectivity index (χ4v) is 3.68. The van der Waals surface area contributed by atoms with E-state index in [1.165, 1.54) is 16.0 Å². The highest BCUT2D eigenvalue weighted by Gasteiger charge is 2.15. The van der Waals surface area contributed by atoms with E-state index in [1.807, 2.05) is 0 Å². The molecule has 0 amide bonds. The number of nitrogens with zero attached hydrogens (tertiary/aromatic N) is 3. The maximum Gasteiger partial charge on any atom is 0.289 e. The SMILES string of the molecule is COc1ccnc2sc3c(=O)n(-c4ccc(Cl)cc4)ncc3c12. The van der Waals surface area contributed by atoms with Gasteiger partial charge in [0.15, 0.2) is 0 Å². The van der Waals surface area contributed by atoms with E-state index in [9.17, 15) is 4.79 Å². The molecule has 3 heterocycles. The Bertz CT molecular complexity index is 1090. The number of pyridine rings is 1. The summed E-state index contributed by atoms with van der Waals surface area (Å²) in [5, 5.41) is 6.48. The number of fused-ring (bicyclic) bond motifs is 3. The Hall–Kier alpha value is -2.44. The molecule has 1 aromatic carbocycles. The van der Waals surface area contributed by atoms with Crippen molar-refractivity contribution in [2.24, 2.45) is 0 Å². The first-order valence-corrected chi connectivity index (χ1v) is 7.98. The zero-order chi connectivity index (χ0) is 16.0. The highest BCUT2D eigenvalue weighted by molar-refractivity contribution is 7.25. The molecule has 3 aromatic heterocycles. The maximum atomic E-state index is 12.8. The largest absolute Gasteiger partial charge is 0.496 e. The number of methoxy groups -OCH3 is 1. The van der Waals surface area contributed by atoms with Gasteiger partial charge in [-0.3, -0.25) is 4.79 Å². The monoisotopic (exact) mass is 343 g/mol. The summed E-state index contributed by atoms with van der Waals surface area (Å²) in [5.41, 5.74) is 0.480. The molecule has 0 aliphatic heterocycles. The number of benzene rings is 1. The molecule has 0 saturated carbocycles. The Morgan fingerprint density at radius 1 is 1.22 bits per heavy atom. The van der Waals surface area contributed by atoms with E-state index < -0.39 is 0 Å². The van der Waals surface area contributed by atoms with Gasteiger partial charge in [-0.25, -0.2) is 4.98 Å². The van der Waals surface area contributed by atoms with Gasteiger partial charge in [0.05, 0.1) is 24.4 Å². The zero-order valence-electron chi connectivity index (χ0n) is 12.0. The van der Waals surface area contributed by atoms with Gasteiger partial charge in [-0.15, -0.1) is 11.3 Å². The Kier molecular flexibility index (Phi) is 3.28. The first-order valence-electron chi connectivity index (χ1n) is 6.78. The predicted octanol–water partition coefficient (Wildman–Crippen LogP) is 3.66. The smallest absolute Gasteiger partial charge is 0.289 e. The van der Waals surface area contributed by atoms with Crippen molar-refractivity contribution < 1.29 is 4.74 Å². The molecule has 0 saturated heterocycles. The van der Waals surface area contributed by atoms with Crippen molar-refractivity contribution in [3.63, 3.8) is 0 Å². The van der Waals surface area contributed by atoms with Crippen LogP contribution in [0, 0.1) is 0 Å². The topological polar surface area (TPSA) is 57.0 Å². The van der Waals surface area contributed by atoms with E-state index in [2.05, 4.69) is 10.1 Å². The summed E-state index contributed by atoms with van der Waals surface area (Å²) < 4.78 is 7.34. The van der Waals surface area contributed by atoms with Crippen LogP contribution in [0.1, 0.15) is 0 Å². The fourth-order valence-electron chi connectivity index (χ4n) is 2.50. The summed E-state index contributed by atoms with van der Waals surface area (Å²) in [6, 6.07) is 8.75. The van der Waals surface area contributed by atoms with Gasteiger partial charge in [0.2, 0.25) is 0 Å². The van der Waals surface area contributed by atoms with Crippen LogP contribution in [-0.4, -0.2) is 21.9 Å². The summed E-state index contributed by atoms with van der Waals surface area (Å²) in [6.07, 6.45) is 3.34. The Balaban J connectivity index is 2.04. The number of thiophene rings is 1. The molecule has 0 aliphatic rings. The first kappa shape index (κ1) is 14.2. The lowest BCUT2D eigenvalue weighted by molar-refractivity contribution is 0.420. The summed E-state index contributed by atoms with van der Waals surface area (Å²) in [7, 11) is 1.60. The van der Waals surface area contributed by atoms with Crippen molar-refractivity contribution in [1.82, 2.24) is 14.8 Å². The first-order chi connectivity index (χ1) is 11.2. The molecule has 0 bridgehead atoms. The third-order valence-corrected chi connectivity index (χ3v) is 4.92. The lowest BCUT2D eigenvalue weighted by atomic mass is 10.2. The molecule has 0 N–H and O–H groups in total.